The maximum absolute atomic E-state index is 13.2. The Hall–Kier alpha value is -5.39. The van der Waals surface area contributed by atoms with Crippen molar-refractivity contribution < 1.29 is 54.1 Å². The molecule has 3 atom stereocenters. The Balaban J connectivity index is 2.30. The molecule has 0 spiro atoms. The molecule has 1 aliphatic rings. The fraction of sp³-hybridized carbons (Fsp3) is 0.400. The summed E-state index contributed by atoms with van der Waals surface area (Å²) in [6.45, 7) is -0.184. The van der Waals surface area contributed by atoms with Crippen molar-refractivity contribution in [3.05, 3.63) is 33.9 Å². The molecular formula is C25H29N6O11+. The van der Waals surface area contributed by atoms with Crippen LogP contribution in [-0.2, 0) is 29.1 Å². The summed E-state index contributed by atoms with van der Waals surface area (Å²) in [4.78, 5) is 82.4. The van der Waals surface area contributed by atoms with Crippen molar-refractivity contribution >= 4 is 35.3 Å². The highest BCUT2D eigenvalue weighted by Crippen LogP contribution is 2.25. The molecular weight excluding hydrogens is 560 g/mol. The zero-order chi connectivity index (χ0) is 31.1. The summed E-state index contributed by atoms with van der Waals surface area (Å²) in [5, 5.41) is 27.7. The summed E-state index contributed by atoms with van der Waals surface area (Å²) >= 11 is 0. The fourth-order valence-corrected chi connectivity index (χ4v) is 3.62. The van der Waals surface area contributed by atoms with E-state index in [0.717, 1.165) is 18.2 Å². The number of amides is 4. The van der Waals surface area contributed by atoms with E-state index in [1.165, 1.54) is 5.48 Å². The van der Waals surface area contributed by atoms with Crippen LogP contribution in [0.25, 0.3) is 0 Å². The van der Waals surface area contributed by atoms with Crippen LogP contribution in [0.4, 0.5) is 5.69 Å². The van der Waals surface area contributed by atoms with E-state index < -0.39 is 71.4 Å². The van der Waals surface area contributed by atoms with Gasteiger partial charge in [-0.15, -0.1) is 6.42 Å². The van der Waals surface area contributed by atoms with Gasteiger partial charge in [-0.25, -0.2) is 4.89 Å². The molecule has 0 bridgehead atoms. The molecule has 0 radical (unpaired) electrons. The number of ether oxygens (including phenoxy) is 1. The molecule has 1 aliphatic heterocycles. The van der Waals surface area contributed by atoms with Gasteiger partial charge in [0.2, 0.25) is 17.7 Å². The van der Waals surface area contributed by atoms with E-state index in [-0.39, 0.29) is 24.2 Å². The van der Waals surface area contributed by atoms with Gasteiger partial charge in [0.1, 0.15) is 37.0 Å². The number of nitrogens with one attached hydrogen (secondary N) is 3. The molecule has 8 N–H and O–H groups in total. The minimum Gasteiger partial charge on any atom is -0.490 e. The molecule has 1 heterocycles. The first-order valence-electron chi connectivity index (χ1n) is 12.5. The number of carboxylic acid groups (broad SMARTS) is 1. The van der Waals surface area contributed by atoms with Crippen molar-refractivity contribution in [2.45, 2.75) is 50.2 Å². The van der Waals surface area contributed by atoms with Gasteiger partial charge < -0.3 is 31.5 Å². The number of hydrogen-bond acceptors (Lipinski definition) is 10. The molecule has 0 saturated heterocycles. The van der Waals surface area contributed by atoms with Gasteiger partial charge in [0.15, 0.2) is 6.11 Å². The van der Waals surface area contributed by atoms with Crippen LogP contribution in [0.5, 0.6) is 5.75 Å². The number of fused-ring (bicyclic) bond motifs is 1. The lowest BCUT2D eigenvalue weighted by Crippen LogP contribution is -2.82. The summed E-state index contributed by atoms with van der Waals surface area (Å²) in [5.41, 5.74) is 5.88. The van der Waals surface area contributed by atoms with E-state index in [0.29, 0.717) is 19.4 Å². The number of rotatable bonds is 12. The van der Waals surface area contributed by atoms with Crippen LogP contribution in [-0.4, -0.2) is 70.9 Å². The van der Waals surface area contributed by atoms with E-state index in [1.54, 1.807) is 0 Å². The molecule has 17 nitrogen and oxygen atoms in total. The molecule has 2 rings (SSSR count). The third-order valence-electron chi connectivity index (χ3n) is 5.73. The Bertz CT molecular complexity index is 1300. The smallest absolute Gasteiger partial charge is 0.303 e. The summed E-state index contributed by atoms with van der Waals surface area (Å²) in [7, 11) is 0. The lowest BCUT2D eigenvalue weighted by Gasteiger charge is -2.24. The maximum atomic E-state index is 13.2. The number of hydroxylamine groups is 1. The number of unbranched alkanes of at least 4 members (excludes halogenated alkanes) is 1. The topological polar surface area (TPSA) is 255 Å². The molecule has 224 valence electrons. The van der Waals surface area contributed by atoms with Crippen LogP contribution in [0.2, 0.25) is 0 Å². The number of carbonyl (C=O) groups excluding carboxylic acids is 4. The Labute approximate surface area is 238 Å². The summed E-state index contributed by atoms with van der Waals surface area (Å²) in [6.07, 6.45) is 7.00. The van der Waals surface area contributed by atoms with Crippen LogP contribution < -0.4 is 31.9 Å². The Morgan fingerprint density at radius 3 is 2.55 bits per heavy atom. The highest BCUT2D eigenvalue weighted by atomic mass is 17.3. The molecule has 0 fully saturated rings. The Morgan fingerprint density at radius 1 is 1.17 bits per heavy atom. The van der Waals surface area contributed by atoms with Gasteiger partial charge >= 0.3 is 5.97 Å². The molecule has 0 aromatic heterocycles. The Kier molecular flexibility index (Phi) is 13.0. The molecule has 17 heteroatoms. The Morgan fingerprint density at radius 2 is 1.88 bits per heavy atom. The number of aliphatic carboxylic acids is 1. The number of terminal acetylenes is 1. The predicted molar refractivity (Wildman–Crippen MR) is 139 cm³/mol. The minimum atomic E-state index is -1.45. The monoisotopic (exact) mass is 589 g/mol. The lowest BCUT2D eigenvalue weighted by atomic mass is 10.1. The minimum absolute atomic E-state index is 0.0571. The first kappa shape index (κ1) is 32.8. The van der Waals surface area contributed by atoms with E-state index in [1.807, 2.05) is 5.92 Å². The zero-order valence-corrected chi connectivity index (χ0v) is 22.1. The van der Waals surface area contributed by atoms with E-state index in [4.69, 9.17) is 27.0 Å². The predicted octanol–water partition coefficient (Wildman–Crippen LogP) is -2.40. The van der Waals surface area contributed by atoms with Gasteiger partial charge in [0.25, 0.3) is 11.6 Å². The normalized spacial score (nSPS) is 18.7. The van der Waals surface area contributed by atoms with Gasteiger partial charge in [0.05, 0.1) is 10.5 Å². The van der Waals surface area contributed by atoms with Crippen molar-refractivity contribution in [2.75, 3.05) is 13.2 Å². The SMILES string of the molecule is C#CC#COO[NH2+]CCCC[C@@H]1NC(=O)[C@H](CCC(=O)O)NC(=O)c2cc([N+](=O)[O-])ccc2OCC(C(N)=O)NC1=O. The first-order chi connectivity index (χ1) is 20.0. The third-order valence-corrected chi connectivity index (χ3v) is 5.73. The van der Waals surface area contributed by atoms with Gasteiger partial charge in [-0.3, -0.25) is 34.1 Å². The lowest BCUT2D eigenvalue weighted by molar-refractivity contribution is -0.960. The van der Waals surface area contributed by atoms with Crippen LogP contribution in [0.15, 0.2) is 18.2 Å². The van der Waals surface area contributed by atoms with Crippen molar-refractivity contribution in [2.24, 2.45) is 5.73 Å². The third kappa shape index (κ3) is 10.6. The zero-order valence-electron chi connectivity index (χ0n) is 22.1. The van der Waals surface area contributed by atoms with Gasteiger partial charge in [-0.2, -0.15) is 5.48 Å². The molecule has 0 aliphatic carbocycles. The summed E-state index contributed by atoms with van der Waals surface area (Å²) in [5.74, 6) is -0.941. The second kappa shape index (κ2) is 16.7. The molecule has 42 heavy (non-hydrogen) atoms. The fourth-order valence-electron chi connectivity index (χ4n) is 3.62. The molecule has 1 aromatic rings. The number of hydrogen-bond donors (Lipinski definition) is 6. The van der Waals surface area contributed by atoms with Gasteiger partial charge in [-0.1, -0.05) is 0 Å². The number of non-ortho nitro benzene ring substituents is 1. The largest absolute Gasteiger partial charge is 0.490 e. The van der Waals surface area contributed by atoms with Gasteiger partial charge in [0, 0.05) is 29.5 Å². The standard InChI is InChI=1S/C25H28N6O11/c1-2-3-12-41-42-27-11-5-4-6-17-24(36)30-19(22(26)34)14-40-20-9-7-15(31(38)39)13-16(20)23(35)28-18(25(37)29-17)8-10-21(32)33/h1,7,9,13,17-19,27H,4-6,8,10-11,14H2,(H2,26,34)(H,28,35)(H,29,37)(H,30,36)(H,32,33)/p+1/t17-,18-,19?/m0/s1. The second-order valence-corrected chi connectivity index (χ2v) is 8.73. The highest BCUT2D eigenvalue weighted by molar-refractivity contribution is 6.01. The number of quaternary nitrogens is 1. The van der Waals surface area contributed by atoms with E-state index >= 15 is 0 Å². The number of carbonyl (C=O) groups is 5. The average molecular weight is 590 g/mol. The van der Waals surface area contributed by atoms with E-state index in [2.05, 4.69) is 32.9 Å². The summed E-state index contributed by atoms with van der Waals surface area (Å²) in [6, 6.07) is -1.04. The maximum Gasteiger partial charge on any atom is 0.303 e. The quantitative estimate of drug-likeness (QED) is 0.0492. The second-order valence-electron chi connectivity index (χ2n) is 8.73. The average Bonchev–Trinajstić information content (AvgIpc) is 2.95. The number of nitro groups is 1. The molecule has 4 amide bonds. The van der Waals surface area contributed by atoms with Crippen LogP contribution in [0, 0.1) is 34.5 Å². The first-order valence-corrected chi connectivity index (χ1v) is 12.5. The number of nitrogens with zero attached hydrogens (tertiary/aromatic N) is 1. The van der Waals surface area contributed by atoms with E-state index in [9.17, 15) is 34.1 Å². The van der Waals surface area contributed by atoms with Crippen molar-refractivity contribution in [3.63, 3.8) is 0 Å². The van der Waals surface area contributed by atoms with Crippen LogP contribution in [0.1, 0.15) is 42.5 Å². The summed E-state index contributed by atoms with van der Waals surface area (Å²) < 4.78 is 5.54. The van der Waals surface area contributed by atoms with Crippen molar-refractivity contribution in [1.29, 1.82) is 0 Å². The van der Waals surface area contributed by atoms with Crippen LogP contribution in [0.3, 0.4) is 0 Å². The molecule has 1 unspecified atom stereocenters. The van der Waals surface area contributed by atoms with Crippen molar-refractivity contribution in [1.82, 2.24) is 16.0 Å². The number of carboxylic acids is 1. The number of primary amides is 1. The number of nitrogens with two attached hydrogens (primary N) is 2. The van der Waals surface area contributed by atoms with Crippen LogP contribution >= 0.6 is 0 Å². The molecule has 1 aromatic carbocycles. The number of nitro benzene ring substituents is 1. The number of benzene rings is 1. The molecule has 0 saturated carbocycles. The highest BCUT2D eigenvalue weighted by Gasteiger charge is 2.32. The van der Waals surface area contributed by atoms with Crippen molar-refractivity contribution in [3.8, 4) is 30.1 Å². The van der Waals surface area contributed by atoms with Gasteiger partial charge in [-0.05, 0) is 37.7 Å².